The van der Waals surface area contributed by atoms with Gasteiger partial charge in [0.25, 0.3) is 0 Å². The largest absolute Gasteiger partial charge is 0.487 e. The topological polar surface area (TPSA) is 71.0 Å². The number of aliphatic imine (C=N–C) groups is 1. The number of nitrogens with zero attached hydrogens (tertiary/aromatic N) is 3. The molecule has 2 aliphatic rings. The van der Waals surface area contributed by atoms with Crippen LogP contribution in [0.3, 0.4) is 0 Å². The summed E-state index contributed by atoms with van der Waals surface area (Å²) in [6.45, 7) is 9.51. The number of hydrogen-bond acceptors (Lipinski definition) is 5. The van der Waals surface area contributed by atoms with Gasteiger partial charge in [-0.05, 0) is 38.5 Å². The first-order valence-electron chi connectivity index (χ1n) is 11.0. The van der Waals surface area contributed by atoms with E-state index < -0.39 is 0 Å². The van der Waals surface area contributed by atoms with Gasteiger partial charge in [-0.25, -0.2) is 4.98 Å². The third-order valence-corrected chi connectivity index (χ3v) is 5.75. The predicted molar refractivity (Wildman–Crippen MR) is 124 cm³/mol. The van der Waals surface area contributed by atoms with E-state index in [1.807, 2.05) is 24.4 Å². The molecular formula is C24H33N5O2. The van der Waals surface area contributed by atoms with Crippen LogP contribution in [-0.4, -0.2) is 49.4 Å². The van der Waals surface area contributed by atoms with Gasteiger partial charge in [0.2, 0.25) is 0 Å². The second kappa shape index (κ2) is 9.14. The summed E-state index contributed by atoms with van der Waals surface area (Å²) in [7, 11) is 1.80. The van der Waals surface area contributed by atoms with E-state index in [2.05, 4.69) is 64.5 Å². The van der Waals surface area contributed by atoms with E-state index in [0.29, 0.717) is 6.54 Å². The van der Waals surface area contributed by atoms with Crippen molar-refractivity contribution in [3.8, 4) is 5.75 Å². The van der Waals surface area contributed by atoms with E-state index in [4.69, 9.17) is 9.47 Å². The minimum absolute atomic E-state index is 0.134. The molecule has 166 valence electrons. The van der Waals surface area contributed by atoms with Gasteiger partial charge in [0, 0.05) is 44.9 Å². The minimum atomic E-state index is -0.235. The molecule has 1 fully saturated rings. The summed E-state index contributed by atoms with van der Waals surface area (Å²) >= 11 is 0. The fourth-order valence-electron chi connectivity index (χ4n) is 4.21. The van der Waals surface area contributed by atoms with Crippen molar-refractivity contribution >= 4 is 11.8 Å². The number of guanidine groups is 1. The summed E-state index contributed by atoms with van der Waals surface area (Å²) in [5, 5.41) is 6.99. The molecule has 0 radical (unpaired) electrons. The fraction of sp³-hybridized carbons (Fsp3) is 0.500. The zero-order valence-corrected chi connectivity index (χ0v) is 18.9. The molecular weight excluding hydrogens is 390 g/mol. The monoisotopic (exact) mass is 423 g/mol. The maximum absolute atomic E-state index is 6.14. The van der Waals surface area contributed by atoms with Gasteiger partial charge in [-0.3, -0.25) is 4.99 Å². The van der Waals surface area contributed by atoms with Gasteiger partial charge in [0.05, 0.1) is 18.8 Å². The normalized spacial score (nSPS) is 23.0. The van der Waals surface area contributed by atoms with Crippen molar-refractivity contribution in [2.24, 2.45) is 4.99 Å². The number of morpholine rings is 1. The number of nitrogens with one attached hydrogen (secondary N) is 2. The lowest BCUT2D eigenvalue weighted by Gasteiger charge is -2.38. The molecule has 1 aromatic heterocycles. The third kappa shape index (κ3) is 5.28. The highest BCUT2D eigenvalue weighted by Crippen LogP contribution is 2.39. The average Bonchev–Trinajstić information content (AvgIpc) is 2.76. The maximum Gasteiger partial charge on any atom is 0.191 e. The van der Waals surface area contributed by atoms with Gasteiger partial charge in [-0.15, -0.1) is 0 Å². The predicted octanol–water partition coefficient (Wildman–Crippen LogP) is 3.27. The van der Waals surface area contributed by atoms with Crippen LogP contribution >= 0.6 is 0 Å². The molecule has 7 nitrogen and oxygen atoms in total. The zero-order valence-electron chi connectivity index (χ0n) is 18.9. The van der Waals surface area contributed by atoms with Crippen LogP contribution in [0.1, 0.15) is 44.4 Å². The summed E-state index contributed by atoms with van der Waals surface area (Å²) in [6.07, 6.45) is 3.04. The van der Waals surface area contributed by atoms with E-state index in [0.717, 1.165) is 54.8 Å². The van der Waals surface area contributed by atoms with Crippen molar-refractivity contribution in [1.82, 2.24) is 15.6 Å². The second-order valence-electron chi connectivity index (χ2n) is 8.88. The summed E-state index contributed by atoms with van der Waals surface area (Å²) < 4.78 is 11.8. The maximum atomic E-state index is 6.14. The lowest BCUT2D eigenvalue weighted by Crippen LogP contribution is -2.45. The molecule has 7 heteroatoms. The lowest BCUT2D eigenvalue weighted by molar-refractivity contribution is 0.0529. The number of anilines is 1. The van der Waals surface area contributed by atoms with Gasteiger partial charge in [0.1, 0.15) is 17.2 Å². The smallest absolute Gasteiger partial charge is 0.191 e. The molecule has 4 rings (SSSR count). The van der Waals surface area contributed by atoms with Crippen molar-refractivity contribution in [2.75, 3.05) is 31.6 Å². The molecule has 31 heavy (non-hydrogen) atoms. The van der Waals surface area contributed by atoms with Crippen molar-refractivity contribution in [3.63, 3.8) is 0 Å². The molecule has 2 aromatic rings. The van der Waals surface area contributed by atoms with Gasteiger partial charge in [-0.2, -0.15) is 0 Å². The van der Waals surface area contributed by atoms with Crippen molar-refractivity contribution in [2.45, 2.75) is 51.5 Å². The standard InChI is InChI=1S/C24H33N5O2/c1-17-16-29(11-12-30-17)22-10-9-18(14-26-22)15-27-23(25-4)28-20-13-24(2,3)31-21-8-6-5-7-19(20)21/h5-10,14,17,20H,11-13,15-16H2,1-4H3,(H2,25,27,28). The second-order valence-corrected chi connectivity index (χ2v) is 8.88. The van der Waals surface area contributed by atoms with Crippen LogP contribution in [0.4, 0.5) is 5.82 Å². The van der Waals surface area contributed by atoms with Crippen LogP contribution in [0, 0.1) is 0 Å². The van der Waals surface area contributed by atoms with E-state index >= 15 is 0 Å². The summed E-state index contributed by atoms with van der Waals surface area (Å²) in [6, 6.07) is 12.5. The van der Waals surface area contributed by atoms with Crippen LogP contribution < -0.4 is 20.3 Å². The summed E-state index contributed by atoms with van der Waals surface area (Å²) in [5.74, 6) is 2.70. The Morgan fingerprint density at radius 2 is 2.10 bits per heavy atom. The zero-order chi connectivity index (χ0) is 21.8. The molecule has 0 aliphatic carbocycles. The van der Waals surface area contributed by atoms with Crippen molar-refractivity contribution < 1.29 is 9.47 Å². The van der Waals surface area contributed by atoms with Gasteiger partial charge in [-0.1, -0.05) is 24.3 Å². The van der Waals surface area contributed by atoms with Crippen LogP contribution in [0.5, 0.6) is 5.75 Å². The van der Waals surface area contributed by atoms with E-state index in [1.54, 1.807) is 7.05 Å². The van der Waals surface area contributed by atoms with Crippen LogP contribution in [0.25, 0.3) is 0 Å². The molecule has 0 amide bonds. The van der Waals surface area contributed by atoms with E-state index in [-0.39, 0.29) is 17.7 Å². The van der Waals surface area contributed by atoms with Crippen LogP contribution in [-0.2, 0) is 11.3 Å². The molecule has 2 atom stereocenters. The Balaban J connectivity index is 1.37. The van der Waals surface area contributed by atoms with Crippen molar-refractivity contribution in [3.05, 3.63) is 53.7 Å². The Labute approximate surface area is 184 Å². The number of benzene rings is 1. The number of pyridine rings is 1. The van der Waals surface area contributed by atoms with Gasteiger partial charge in [0.15, 0.2) is 5.96 Å². The quantitative estimate of drug-likeness (QED) is 0.581. The number of hydrogen-bond donors (Lipinski definition) is 2. The first-order valence-corrected chi connectivity index (χ1v) is 11.0. The molecule has 1 aromatic carbocycles. The Hall–Kier alpha value is -2.80. The molecule has 0 bridgehead atoms. The van der Waals surface area contributed by atoms with Crippen LogP contribution in [0.15, 0.2) is 47.6 Å². The van der Waals surface area contributed by atoms with Gasteiger partial charge < -0.3 is 25.0 Å². The number of ether oxygens (including phenoxy) is 2. The number of aromatic nitrogens is 1. The molecule has 2 unspecified atom stereocenters. The molecule has 0 saturated carbocycles. The Morgan fingerprint density at radius 1 is 1.26 bits per heavy atom. The molecule has 2 aliphatic heterocycles. The van der Waals surface area contributed by atoms with E-state index in [9.17, 15) is 0 Å². The minimum Gasteiger partial charge on any atom is -0.487 e. The Bertz CT molecular complexity index is 912. The molecule has 0 spiro atoms. The number of fused-ring (bicyclic) bond motifs is 1. The highest BCUT2D eigenvalue weighted by atomic mass is 16.5. The summed E-state index contributed by atoms with van der Waals surface area (Å²) in [5.41, 5.74) is 2.04. The summed E-state index contributed by atoms with van der Waals surface area (Å²) in [4.78, 5) is 11.4. The number of para-hydroxylation sites is 1. The SMILES string of the molecule is CN=C(NCc1ccc(N2CCOC(C)C2)nc1)NC1CC(C)(C)Oc2ccccc21. The number of rotatable bonds is 4. The molecule has 2 N–H and O–H groups in total. The first kappa shape index (κ1) is 21.4. The highest BCUT2D eigenvalue weighted by Gasteiger charge is 2.33. The van der Waals surface area contributed by atoms with Gasteiger partial charge >= 0.3 is 0 Å². The lowest BCUT2D eigenvalue weighted by atomic mass is 9.90. The Kier molecular flexibility index (Phi) is 6.32. The molecule has 1 saturated heterocycles. The first-order chi connectivity index (χ1) is 14.9. The van der Waals surface area contributed by atoms with Crippen molar-refractivity contribution in [1.29, 1.82) is 0 Å². The van der Waals surface area contributed by atoms with Crippen LogP contribution in [0.2, 0.25) is 0 Å². The highest BCUT2D eigenvalue weighted by molar-refractivity contribution is 5.80. The average molecular weight is 424 g/mol. The fourth-order valence-corrected chi connectivity index (χ4v) is 4.21. The third-order valence-electron chi connectivity index (χ3n) is 5.75. The Morgan fingerprint density at radius 3 is 2.84 bits per heavy atom. The van der Waals surface area contributed by atoms with E-state index in [1.165, 1.54) is 0 Å². The molecule has 3 heterocycles.